The number of thiophene rings is 1. The zero-order chi connectivity index (χ0) is 14.7. The first-order valence-corrected chi connectivity index (χ1v) is 6.85. The predicted octanol–water partition coefficient (Wildman–Crippen LogP) is 2.68. The van der Waals surface area contributed by atoms with Crippen LogP contribution in [0.4, 0.5) is 8.78 Å². The van der Waals surface area contributed by atoms with Gasteiger partial charge < -0.3 is 10.6 Å². The van der Waals surface area contributed by atoms with Gasteiger partial charge in [-0.15, -0.1) is 11.3 Å². The third-order valence-corrected chi connectivity index (χ3v) is 3.87. The van der Waals surface area contributed by atoms with Gasteiger partial charge in [0.05, 0.1) is 0 Å². The fourth-order valence-corrected chi connectivity index (χ4v) is 2.53. The van der Waals surface area contributed by atoms with E-state index in [0.29, 0.717) is 0 Å². The maximum Gasteiger partial charge on any atom is 0.244 e. The molecule has 0 fully saturated rings. The van der Waals surface area contributed by atoms with Gasteiger partial charge in [0.25, 0.3) is 0 Å². The Kier molecular flexibility index (Phi) is 4.46. The minimum atomic E-state index is -0.761. The molecule has 1 unspecified atom stereocenters. The molecule has 1 amide bonds. The van der Waals surface area contributed by atoms with Gasteiger partial charge in [0.2, 0.25) is 5.91 Å². The van der Waals surface area contributed by atoms with Crippen molar-refractivity contribution in [1.82, 2.24) is 4.90 Å². The highest BCUT2D eigenvalue weighted by Crippen LogP contribution is 2.20. The quantitative estimate of drug-likeness (QED) is 0.943. The molecule has 20 heavy (non-hydrogen) atoms. The van der Waals surface area contributed by atoms with Gasteiger partial charge in [-0.2, -0.15) is 0 Å². The topological polar surface area (TPSA) is 46.3 Å². The van der Waals surface area contributed by atoms with Gasteiger partial charge in [0.15, 0.2) is 0 Å². The van der Waals surface area contributed by atoms with E-state index in [1.165, 1.54) is 22.3 Å². The number of halogens is 2. The van der Waals surface area contributed by atoms with Gasteiger partial charge in [0.1, 0.15) is 17.7 Å². The summed E-state index contributed by atoms with van der Waals surface area (Å²) in [6.45, 7) is 0.0457. The second-order valence-electron chi connectivity index (χ2n) is 4.42. The van der Waals surface area contributed by atoms with Crippen LogP contribution in [-0.2, 0) is 11.3 Å². The number of carbonyl (C=O) groups is 1. The highest BCUT2D eigenvalue weighted by Gasteiger charge is 2.21. The smallest absolute Gasteiger partial charge is 0.244 e. The van der Waals surface area contributed by atoms with Crippen LogP contribution in [-0.4, -0.2) is 17.9 Å². The molecule has 3 nitrogen and oxygen atoms in total. The van der Waals surface area contributed by atoms with Crippen molar-refractivity contribution in [2.45, 2.75) is 12.6 Å². The van der Waals surface area contributed by atoms with Crippen molar-refractivity contribution in [1.29, 1.82) is 0 Å². The summed E-state index contributed by atoms with van der Waals surface area (Å²) in [5.74, 6) is -1.62. The summed E-state index contributed by atoms with van der Waals surface area (Å²) < 4.78 is 26.4. The summed E-state index contributed by atoms with van der Waals surface area (Å²) in [4.78, 5) is 14.2. The zero-order valence-electron chi connectivity index (χ0n) is 10.8. The van der Waals surface area contributed by atoms with E-state index in [0.717, 1.165) is 17.0 Å². The standard InChI is InChI=1S/C14H14F2N2OS/c1-18(8-9-4-5-10(15)7-11(9)16)14(19)13(17)12-3-2-6-20-12/h2-7,13H,8,17H2,1H3. The molecule has 0 saturated carbocycles. The van der Waals surface area contributed by atoms with Crippen LogP contribution in [0, 0.1) is 11.6 Å². The Balaban J connectivity index is 2.07. The van der Waals surface area contributed by atoms with Gasteiger partial charge in [-0.25, -0.2) is 8.78 Å². The van der Waals surface area contributed by atoms with E-state index >= 15 is 0 Å². The number of nitrogens with zero attached hydrogens (tertiary/aromatic N) is 1. The Morgan fingerprint density at radius 2 is 2.15 bits per heavy atom. The maximum absolute atomic E-state index is 13.5. The van der Waals surface area contributed by atoms with Gasteiger partial charge in [-0.3, -0.25) is 4.79 Å². The van der Waals surface area contributed by atoms with Crippen LogP contribution in [0.15, 0.2) is 35.7 Å². The third-order valence-electron chi connectivity index (χ3n) is 2.91. The average molecular weight is 296 g/mol. The predicted molar refractivity (Wildman–Crippen MR) is 74.1 cm³/mol. The number of likely N-dealkylation sites (N-methyl/N-ethyl adjacent to an activating group) is 1. The molecule has 0 saturated heterocycles. The minimum absolute atomic E-state index is 0.0457. The van der Waals surface area contributed by atoms with E-state index in [9.17, 15) is 13.6 Å². The normalized spacial score (nSPS) is 12.2. The summed E-state index contributed by atoms with van der Waals surface area (Å²) in [5, 5.41) is 1.84. The number of nitrogens with two attached hydrogens (primary N) is 1. The molecule has 1 heterocycles. The van der Waals surface area contributed by atoms with Gasteiger partial charge >= 0.3 is 0 Å². The lowest BCUT2D eigenvalue weighted by atomic mass is 10.1. The Hall–Kier alpha value is -1.79. The van der Waals surface area contributed by atoms with E-state index < -0.39 is 17.7 Å². The van der Waals surface area contributed by atoms with Gasteiger partial charge in [-0.05, 0) is 17.5 Å². The highest BCUT2D eigenvalue weighted by molar-refractivity contribution is 7.10. The fraction of sp³-hybridized carbons (Fsp3) is 0.214. The average Bonchev–Trinajstić information content (AvgIpc) is 2.94. The molecule has 1 atom stereocenters. The second-order valence-corrected chi connectivity index (χ2v) is 5.40. The summed E-state index contributed by atoms with van der Waals surface area (Å²) in [6.07, 6.45) is 0. The molecular formula is C14H14F2N2OS. The van der Waals surface area contributed by atoms with E-state index in [1.807, 2.05) is 11.4 Å². The SMILES string of the molecule is CN(Cc1ccc(F)cc1F)C(=O)C(N)c1cccs1. The van der Waals surface area contributed by atoms with Crippen molar-refractivity contribution in [2.24, 2.45) is 5.73 Å². The largest absolute Gasteiger partial charge is 0.340 e. The summed E-state index contributed by atoms with van der Waals surface area (Å²) in [7, 11) is 1.54. The first-order valence-electron chi connectivity index (χ1n) is 5.97. The lowest BCUT2D eigenvalue weighted by Gasteiger charge is -2.21. The van der Waals surface area contributed by atoms with Crippen LogP contribution < -0.4 is 5.73 Å². The molecule has 0 bridgehead atoms. The monoisotopic (exact) mass is 296 g/mol. The van der Waals surface area contributed by atoms with Crippen molar-refractivity contribution >= 4 is 17.2 Å². The first kappa shape index (κ1) is 14.6. The number of amides is 1. The molecule has 1 aromatic carbocycles. The van der Waals surface area contributed by atoms with Crippen LogP contribution in [0.1, 0.15) is 16.5 Å². The van der Waals surface area contributed by atoms with Gasteiger partial charge in [0, 0.05) is 30.1 Å². The summed E-state index contributed by atoms with van der Waals surface area (Å²) >= 11 is 1.39. The van der Waals surface area contributed by atoms with Crippen LogP contribution in [0.5, 0.6) is 0 Å². The fourth-order valence-electron chi connectivity index (χ4n) is 1.81. The van der Waals surface area contributed by atoms with E-state index in [2.05, 4.69) is 0 Å². The number of benzene rings is 1. The van der Waals surface area contributed by atoms with E-state index in [1.54, 1.807) is 13.1 Å². The molecule has 0 aliphatic heterocycles. The second kappa shape index (κ2) is 6.11. The summed E-state index contributed by atoms with van der Waals surface area (Å²) in [5.41, 5.74) is 6.12. The van der Waals surface area contributed by atoms with Crippen molar-refractivity contribution in [3.05, 3.63) is 57.8 Å². The highest BCUT2D eigenvalue weighted by atomic mass is 32.1. The van der Waals surface area contributed by atoms with Crippen molar-refractivity contribution < 1.29 is 13.6 Å². The lowest BCUT2D eigenvalue weighted by Crippen LogP contribution is -2.35. The molecule has 0 radical (unpaired) electrons. The molecule has 0 aliphatic rings. The number of hydrogen-bond acceptors (Lipinski definition) is 3. The minimum Gasteiger partial charge on any atom is -0.340 e. The van der Waals surface area contributed by atoms with Crippen LogP contribution >= 0.6 is 11.3 Å². The summed E-state index contributed by atoms with van der Waals surface area (Å²) in [6, 6.07) is 6.11. The van der Waals surface area contributed by atoms with Crippen molar-refractivity contribution in [3.8, 4) is 0 Å². The number of hydrogen-bond donors (Lipinski definition) is 1. The van der Waals surface area contributed by atoms with Crippen LogP contribution in [0.25, 0.3) is 0 Å². The Morgan fingerprint density at radius 1 is 1.40 bits per heavy atom. The van der Waals surface area contributed by atoms with Crippen molar-refractivity contribution in [2.75, 3.05) is 7.05 Å². The van der Waals surface area contributed by atoms with E-state index in [-0.39, 0.29) is 18.0 Å². The van der Waals surface area contributed by atoms with Crippen LogP contribution in [0.3, 0.4) is 0 Å². The Bertz CT molecular complexity index is 601. The van der Waals surface area contributed by atoms with Crippen molar-refractivity contribution in [3.63, 3.8) is 0 Å². The molecule has 2 aromatic rings. The Morgan fingerprint density at radius 3 is 2.75 bits per heavy atom. The van der Waals surface area contributed by atoms with E-state index in [4.69, 9.17) is 5.73 Å². The third kappa shape index (κ3) is 3.20. The number of rotatable bonds is 4. The lowest BCUT2D eigenvalue weighted by molar-refractivity contribution is -0.131. The Labute approximate surface area is 119 Å². The first-order chi connectivity index (χ1) is 9.49. The molecule has 0 spiro atoms. The molecule has 2 rings (SSSR count). The molecule has 106 valence electrons. The molecule has 6 heteroatoms. The maximum atomic E-state index is 13.5. The van der Waals surface area contributed by atoms with Crippen LogP contribution in [0.2, 0.25) is 0 Å². The number of carbonyl (C=O) groups excluding carboxylic acids is 1. The van der Waals surface area contributed by atoms with Gasteiger partial charge in [-0.1, -0.05) is 12.1 Å². The zero-order valence-corrected chi connectivity index (χ0v) is 11.7. The molecule has 1 aromatic heterocycles. The molecular weight excluding hydrogens is 282 g/mol. The molecule has 0 aliphatic carbocycles. The molecule has 2 N–H and O–H groups in total.